The molecule has 1 fully saturated rings. The van der Waals surface area contributed by atoms with E-state index in [1.807, 2.05) is 0 Å². The monoisotopic (exact) mass is 241 g/mol. The van der Waals surface area contributed by atoms with E-state index >= 15 is 0 Å². The van der Waals surface area contributed by atoms with Crippen molar-refractivity contribution in [3.8, 4) is 0 Å². The second kappa shape index (κ2) is 3.79. The van der Waals surface area contributed by atoms with Gasteiger partial charge in [-0.2, -0.15) is 0 Å². The van der Waals surface area contributed by atoms with E-state index in [1.54, 1.807) is 12.1 Å². The predicted octanol–water partition coefficient (Wildman–Crippen LogP) is 0.871. The standard InChI is InChI=1S/C10H11NO4S/c1-16(13,14)8-4-2-7(3-5-8)9-6-11-10(12)15-9/h2-5,9H,6H2,1H3,(H,11,12). The third-order valence-corrected chi connectivity index (χ3v) is 3.49. The maximum Gasteiger partial charge on any atom is 0.407 e. The Kier molecular flexibility index (Phi) is 2.59. The van der Waals surface area contributed by atoms with E-state index < -0.39 is 15.9 Å². The Bertz CT molecular complexity index is 506. The zero-order valence-corrected chi connectivity index (χ0v) is 9.45. The average molecular weight is 241 g/mol. The van der Waals surface area contributed by atoms with Crippen molar-refractivity contribution in [3.05, 3.63) is 29.8 Å². The zero-order chi connectivity index (χ0) is 11.8. The van der Waals surface area contributed by atoms with Crippen molar-refractivity contribution in [1.82, 2.24) is 5.32 Å². The molecule has 1 unspecified atom stereocenters. The molecular formula is C10H11NO4S. The van der Waals surface area contributed by atoms with Crippen LogP contribution in [0.3, 0.4) is 0 Å². The van der Waals surface area contributed by atoms with Crippen molar-refractivity contribution < 1.29 is 17.9 Å². The Morgan fingerprint density at radius 1 is 1.31 bits per heavy atom. The van der Waals surface area contributed by atoms with Gasteiger partial charge in [0.2, 0.25) is 0 Å². The summed E-state index contributed by atoms with van der Waals surface area (Å²) in [6.07, 6.45) is 0.373. The van der Waals surface area contributed by atoms with Crippen molar-refractivity contribution in [1.29, 1.82) is 0 Å². The second-order valence-electron chi connectivity index (χ2n) is 3.62. The first-order valence-electron chi connectivity index (χ1n) is 4.71. The van der Waals surface area contributed by atoms with Crippen molar-refractivity contribution in [2.45, 2.75) is 11.0 Å². The number of benzene rings is 1. The topological polar surface area (TPSA) is 72.5 Å². The third kappa shape index (κ3) is 2.16. The predicted molar refractivity (Wildman–Crippen MR) is 56.8 cm³/mol. The maximum absolute atomic E-state index is 11.2. The lowest BCUT2D eigenvalue weighted by Gasteiger charge is -2.08. The molecule has 1 aliphatic rings. The number of ether oxygens (including phenoxy) is 1. The first kappa shape index (κ1) is 10.9. The summed E-state index contributed by atoms with van der Waals surface area (Å²) in [6.45, 7) is 0.414. The van der Waals surface area contributed by atoms with E-state index in [2.05, 4.69) is 5.32 Å². The highest BCUT2D eigenvalue weighted by molar-refractivity contribution is 7.90. The number of carbonyl (C=O) groups excluding carboxylic acids is 1. The molecule has 0 saturated carbocycles. The summed E-state index contributed by atoms with van der Waals surface area (Å²) in [5.74, 6) is 0. The first-order valence-corrected chi connectivity index (χ1v) is 6.60. The normalized spacial score (nSPS) is 20.3. The highest BCUT2D eigenvalue weighted by Gasteiger charge is 2.24. The summed E-state index contributed by atoms with van der Waals surface area (Å²) in [5.41, 5.74) is 0.783. The van der Waals surface area contributed by atoms with Gasteiger partial charge in [0, 0.05) is 6.26 Å². The second-order valence-corrected chi connectivity index (χ2v) is 5.63. The van der Waals surface area contributed by atoms with Gasteiger partial charge in [-0.25, -0.2) is 13.2 Å². The van der Waals surface area contributed by atoms with Crippen molar-refractivity contribution in [2.75, 3.05) is 12.8 Å². The van der Waals surface area contributed by atoms with Crippen molar-refractivity contribution in [2.24, 2.45) is 0 Å². The maximum atomic E-state index is 11.2. The van der Waals surface area contributed by atoms with Gasteiger partial charge >= 0.3 is 6.09 Å². The Morgan fingerprint density at radius 3 is 2.38 bits per heavy atom. The molecule has 16 heavy (non-hydrogen) atoms. The highest BCUT2D eigenvalue weighted by atomic mass is 32.2. The lowest BCUT2D eigenvalue weighted by Crippen LogP contribution is -2.12. The van der Waals surface area contributed by atoms with Crippen LogP contribution < -0.4 is 5.32 Å². The van der Waals surface area contributed by atoms with Crippen molar-refractivity contribution in [3.63, 3.8) is 0 Å². The van der Waals surface area contributed by atoms with Crippen LogP contribution in [0.5, 0.6) is 0 Å². The van der Waals surface area contributed by atoms with Crippen LogP contribution in [0.1, 0.15) is 11.7 Å². The molecule has 5 nitrogen and oxygen atoms in total. The zero-order valence-electron chi connectivity index (χ0n) is 8.64. The van der Waals surface area contributed by atoms with Gasteiger partial charge in [-0.15, -0.1) is 0 Å². The molecule has 0 spiro atoms. The minimum Gasteiger partial charge on any atom is -0.439 e. The summed E-state index contributed by atoms with van der Waals surface area (Å²) in [7, 11) is -3.18. The lowest BCUT2D eigenvalue weighted by atomic mass is 10.1. The van der Waals surface area contributed by atoms with E-state index in [0.717, 1.165) is 11.8 Å². The van der Waals surface area contributed by atoms with Crippen LogP contribution in [0.4, 0.5) is 4.79 Å². The van der Waals surface area contributed by atoms with Crippen LogP contribution in [-0.4, -0.2) is 27.3 Å². The molecule has 6 heteroatoms. The minimum absolute atomic E-state index is 0.258. The summed E-state index contributed by atoms with van der Waals surface area (Å²) in [4.78, 5) is 11.1. The minimum atomic E-state index is -3.18. The molecule has 1 amide bonds. The van der Waals surface area contributed by atoms with E-state index in [4.69, 9.17) is 4.74 Å². The fourth-order valence-electron chi connectivity index (χ4n) is 1.50. The van der Waals surface area contributed by atoms with Crippen LogP contribution in [0.15, 0.2) is 29.2 Å². The van der Waals surface area contributed by atoms with Crippen LogP contribution >= 0.6 is 0 Å². The fourth-order valence-corrected chi connectivity index (χ4v) is 2.13. The number of alkyl carbamates (subject to hydrolysis) is 1. The third-order valence-electron chi connectivity index (χ3n) is 2.36. The molecule has 0 radical (unpaired) electrons. The Hall–Kier alpha value is -1.56. The van der Waals surface area contributed by atoms with Crippen LogP contribution in [0, 0.1) is 0 Å². The molecule has 1 aromatic carbocycles. The largest absolute Gasteiger partial charge is 0.439 e. The van der Waals surface area contributed by atoms with Gasteiger partial charge < -0.3 is 10.1 Å². The van der Waals surface area contributed by atoms with Crippen molar-refractivity contribution >= 4 is 15.9 Å². The van der Waals surface area contributed by atoms with E-state index in [-0.39, 0.29) is 11.0 Å². The quantitative estimate of drug-likeness (QED) is 0.834. The summed E-state index contributed by atoms with van der Waals surface area (Å²) in [5, 5.41) is 2.53. The molecule has 86 valence electrons. The number of cyclic esters (lactones) is 1. The van der Waals surface area contributed by atoms with Gasteiger partial charge in [0.05, 0.1) is 11.4 Å². The smallest absolute Gasteiger partial charge is 0.407 e. The van der Waals surface area contributed by atoms with Crippen LogP contribution in [0.25, 0.3) is 0 Å². The molecule has 2 rings (SSSR count). The SMILES string of the molecule is CS(=O)(=O)c1ccc(C2CNC(=O)O2)cc1. The molecule has 0 aliphatic carbocycles. The number of hydrogen-bond donors (Lipinski definition) is 1. The number of carbonyl (C=O) groups is 1. The molecule has 0 bridgehead atoms. The summed E-state index contributed by atoms with van der Waals surface area (Å²) in [6, 6.07) is 6.33. The molecule has 1 N–H and O–H groups in total. The first-order chi connectivity index (χ1) is 7.47. The molecular weight excluding hydrogens is 230 g/mol. The van der Waals surface area contributed by atoms with E-state index in [9.17, 15) is 13.2 Å². The number of hydrogen-bond acceptors (Lipinski definition) is 4. The molecule has 1 heterocycles. The molecule has 1 saturated heterocycles. The summed E-state index contributed by atoms with van der Waals surface area (Å²) >= 11 is 0. The van der Waals surface area contributed by atoms with Crippen LogP contribution in [-0.2, 0) is 14.6 Å². The number of amides is 1. The van der Waals surface area contributed by atoms with E-state index in [1.165, 1.54) is 12.1 Å². The molecule has 1 aliphatic heterocycles. The average Bonchev–Trinajstić information content (AvgIpc) is 2.64. The van der Waals surface area contributed by atoms with Gasteiger partial charge in [-0.05, 0) is 17.7 Å². The van der Waals surface area contributed by atoms with Gasteiger partial charge in [0.1, 0.15) is 6.10 Å². The molecule has 1 aromatic rings. The highest BCUT2D eigenvalue weighted by Crippen LogP contribution is 2.22. The Morgan fingerprint density at radius 2 is 1.94 bits per heavy atom. The molecule has 1 atom stereocenters. The number of rotatable bonds is 2. The van der Waals surface area contributed by atoms with Gasteiger partial charge in [0.25, 0.3) is 0 Å². The summed E-state index contributed by atoms with van der Waals surface area (Å²) < 4.78 is 27.4. The van der Waals surface area contributed by atoms with Gasteiger partial charge in [0.15, 0.2) is 9.84 Å². The Balaban J connectivity index is 2.23. The Labute approximate surface area is 93.3 Å². The number of nitrogens with one attached hydrogen (secondary N) is 1. The lowest BCUT2D eigenvalue weighted by molar-refractivity contribution is 0.141. The molecule has 0 aromatic heterocycles. The van der Waals surface area contributed by atoms with E-state index in [0.29, 0.717) is 6.54 Å². The number of sulfone groups is 1. The fraction of sp³-hybridized carbons (Fsp3) is 0.300. The van der Waals surface area contributed by atoms with Gasteiger partial charge in [-0.1, -0.05) is 12.1 Å². The van der Waals surface area contributed by atoms with Gasteiger partial charge in [-0.3, -0.25) is 0 Å². The van der Waals surface area contributed by atoms with Crippen LogP contribution in [0.2, 0.25) is 0 Å².